The Bertz CT molecular complexity index is 382. The maximum Gasteiger partial charge on any atom is 0.306 e. The first-order valence-corrected chi connectivity index (χ1v) is 8.52. The van der Waals surface area contributed by atoms with Crippen molar-refractivity contribution in [2.45, 2.75) is 78.6 Å². The molecule has 0 saturated heterocycles. The highest BCUT2D eigenvalue weighted by atomic mass is 16.5. The van der Waals surface area contributed by atoms with Gasteiger partial charge in [0.05, 0.1) is 13.0 Å². The minimum absolute atomic E-state index is 0.0626. The highest BCUT2D eigenvalue weighted by Crippen LogP contribution is 2.70. The van der Waals surface area contributed by atoms with E-state index in [0.717, 1.165) is 18.8 Å². The molecular weight excluding hydrogens is 248 g/mol. The molecule has 0 aromatic carbocycles. The van der Waals surface area contributed by atoms with Crippen molar-refractivity contribution < 1.29 is 9.53 Å². The molecule has 2 atom stereocenters. The van der Waals surface area contributed by atoms with Gasteiger partial charge in [0.2, 0.25) is 0 Å². The first kappa shape index (κ1) is 14.4. The molecule has 20 heavy (non-hydrogen) atoms. The zero-order chi connectivity index (χ0) is 14.4. The van der Waals surface area contributed by atoms with Gasteiger partial charge in [-0.05, 0) is 67.1 Å². The lowest BCUT2D eigenvalue weighted by Gasteiger charge is -2.65. The van der Waals surface area contributed by atoms with Crippen molar-refractivity contribution in [1.82, 2.24) is 0 Å². The quantitative estimate of drug-likeness (QED) is 0.537. The van der Waals surface area contributed by atoms with E-state index in [2.05, 4.69) is 20.8 Å². The van der Waals surface area contributed by atoms with Gasteiger partial charge in [-0.3, -0.25) is 4.79 Å². The summed E-state index contributed by atoms with van der Waals surface area (Å²) in [7, 11) is 0. The molecule has 0 radical (unpaired) electrons. The molecule has 0 aliphatic heterocycles. The fraction of sp³-hybridized carbons (Fsp3) is 0.944. The van der Waals surface area contributed by atoms with Gasteiger partial charge in [0.25, 0.3) is 0 Å². The topological polar surface area (TPSA) is 26.3 Å². The molecule has 2 heteroatoms. The molecule has 4 aliphatic carbocycles. The molecule has 4 fully saturated rings. The minimum atomic E-state index is 0.0626. The third-order valence-corrected chi connectivity index (χ3v) is 6.02. The first-order valence-electron chi connectivity index (χ1n) is 8.52. The molecular formula is C18H30O2. The third kappa shape index (κ3) is 2.63. The summed E-state index contributed by atoms with van der Waals surface area (Å²) < 4.78 is 5.45. The van der Waals surface area contributed by atoms with Gasteiger partial charge in [0.15, 0.2) is 0 Å². The summed E-state index contributed by atoms with van der Waals surface area (Å²) in [5.74, 6) is 0.928. The predicted molar refractivity (Wildman–Crippen MR) is 80.3 cm³/mol. The van der Waals surface area contributed by atoms with Crippen LogP contribution in [0.5, 0.6) is 0 Å². The number of rotatable bonds is 5. The molecule has 2 nitrogen and oxygen atoms in total. The van der Waals surface area contributed by atoms with Gasteiger partial charge in [-0.1, -0.05) is 27.2 Å². The molecule has 114 valence electrons. The third-order valence-electron chi connectivity index (χ3n) is 6.02. The maximum absolute atomic E-state index is 12.2. The van der Waals surface area contributed by atoms with Crippen LogP contribution in [0.4, 0.5) is 0 Å². The number of ether oxygens (including phenoxy) is 1. The van der Waals surface area contributed by atoms with Crippen LogP contribution in [-0.4, -0.2) is 12.6 Å². The second-order valence-corrected chi connectivity index (χ2v) is 8.88. The Labute approximate surface area is 123 Å². The average Bonchev–Trinajstić information content (AvgIpc) is 2.22. The summed E-state index contributed by atoms with van der Waals surface area (Å²) in [5, 5.41) is 0. The molecule has 2 unspecified atom stereocenters. The Balaban J connectivity index is 1.68. The standard InChI is InChI=1S/C18H30O2/c1-4-5-6-20-15(19)10-18-9-14-7-16(2,12-18)11-17(3,8-14)13-18/h14H,4-13H2,1-3H3. The van der Waals surface area contributed by atoms with Gasteiger partial charge in [-0.2, -0.15) is 0 Å². The van der Waals surface area contributed by atoms with E-state index in [-0.39, 0.29) is 11.4 Å². The van der Waals surface area contributed by atoms with Crippen LogP contribution in [0.15, 0.2) is 0 Å². The monoisotopic (exact) mass is 278 g/mol. The molecule has 4 aliphatic rings. The highest BCUT2D eigenvalue weighted by Gasteiger charge is 2.60. The Hall–Kier alpha value is -0.530. The zero-order valence-corrected chi connectivity index (χ0v) is 13.5. The number of unbranched alkanes of at least 4 members (excludes halogenated alkanes) is 1. The molecule has 0 aromatic rings. The van der Waals surface area contributed by atoms with Gasteiger partial charge in [0.1, 0.15) is 0 Å². The normalized spacial score (nSPS) is 45.6. The van der Waals surface area contributed by atoms with Crippen LogP contribution in [0.3, 0.4) is 0 Å². The molecule has 0 N–H and O–H groups in total. The summed E-state index contributed by atoms with van der Waals surface area (Å²) >= 11 is 0. The molecule has 0 heterocycles. The molecule has 0 amide bonds. The van der Waals surface area contributed by atoms with Crippen molar-refractivity contribution >= 4 is 5.97 Å². The predicted octanol–water partition coefficient (Wildman–Crippen LogP) is 4.72. The van der Waals surface area contributed by atoms with Crippen LogP contribution >= 0.6 is 0 Å². The van der Waals surface area contributed by atoms with Crippen molar-refractivity contribution in [3.63, 3.8) is 0 Å². The van der Waals surface area contributed by atoms with Crippen LogP contribution in [0.1, 0.15) is 78.6 Å². The minimum Gasteiger partial charge on any atom is -0.466 e. The van der Waals surface area contributed by atoms with Crippen LogP contribution in [-0.2, 0) is 9.53 Å². The van der Waals surface area contributed by atoms with Crippen molar-refractivity contribution in [2.24, 2.45) is 22.2 Å². The summed E-state index contributed by atoms with van der Waals surface area (Å²) in [6.07, 6.45) is 10.7. The lowest BCUT2D eigenvalue weighted by Crippen LogP contribution is -2.55. The first-order chi connectivity index (χ1) is 9.36. The lowest BCUT2D eigenvalue weighted by atomic mass is 9.40. The second kappa shape index (κ2) is 4.74. The van der Waals surface area contributed by atoms with E-state index in [1.54, 1.807) is 0 Å². The Morgan fingerprint density at radius 2 is 1.75 bits per heavy atom. The number of hydrogen-bond acceptors (Lipinski definition) is 2. The molecule has 4 rings (SSSR count). The van der Waals surface area contributed by atoms with E-state index in [4.69, 9.17) is 4.74 Å². The second-order valence-electron chi connectivity index (χ2n) is 8.88. The van der Waals surface area contributed by atoms with Crippen molar-refractivity contribution in [3.05, 3.63) is 0 Å². The molecule has 0 spiro atoms. The summed E-state index contributed by atoms with van der Waals surface area (Å²) in [6.45, 7) is 7.68. The number of carbonyl (C=O) groups is 1. The zero-order valence-electron chi connectivity index (χ0n) is 13.5. The van der Waals surface area contributed by atoms with Crippen LogP contribution in [0.2, 0.25) is 0 Å². The highest BCUT2D eigenvalue weighted by molar-refractivity contribution is 5.70. The maximum atomic E-state index is 12.2. The fourth-order valence-electron chi connectivity index (χ4n) is 6.57. The van der Waals surface area contributed by atoms with Gasteiger partial charge < -0.3 is 4.74 Å². The number of hydrogen-bond donors (Lipinski definition) is 0. The van der Waals surface area contributed by atoms with Crippen molar-refractivity contribution in [2.75, 3.05) is 6.61 Å². The van der Waals surface area contributed by atoms with Gasteiger partial charge >= 0.3 is 5.97 Å². The lowest BCUT2D eigenvalue weighted by molar-refractivity contribution is -0.168. The largest absolute Gasteiger partial charge is 0.466 e. The Morgan fingerprint density at radius 1 is 1.10 bits per heavy atom. The molecule has 4 saturated carbocycles. The fourth-order valence-corrected chi connectivity index (χ4v) is 6.57. The van der Waals surface area contributed by atoms with E-state index < -0.39 is 0 Å². The van der Waals surface area contributed by atoms with Gasteiger partial charge in [-0.25, -0.2) is 0 Å². The van der Waals surface area contributed by atoms with E-state index in [9.17, 15) is 4.79 Å². The van der Waals surface area contributed by atoms with Crippen LogP contribution in [0, 0.1) is 22.2 Å². The smallest absolute Gasteiger partial charge is 0.306 e. The van der Waals surface area contributed by atoms with Crippen molar-refractivity contribution in [3.8, 4) is 0 Å². The average molecular weight is 278 g/mol. The van der Waals surface area contributed by atoms with Crippen LogP contribution in [0.25, 0.3) is 0 Å². The molecule has 4 bridgehead atoms. The number of carbonyl (C=O) groups excluding carboxylic acids is 1. The van der Waals surface area contributed by atoms with Crippen molar-refractivity contribution in [1.29, 1.82) is 0 Å². The number of esters is 1. The summed E-state index contributed by atoms with van der Waals surface area (Å²) in [4.78, 5) is 12.2. The SMILES string of the molecule is CCCCOC(=O)CC12CC3CC(C)(CC(C)(C3)C1)C2. The Kier molecular flexibility index (Phi) is 3.42. The molecule has 0 aromatic heterocycles. The van der Waals surface area contributed by atoms with E-state index in [1.807, 2.05) is 0 Å². The van der Waals surface area contributed by atoms with Crippen LogP contribution < -0.4 is 0 Å². The summed E-state index contributed by atoms with van der Waals surface area (Å²) in [6, 6.07) is 0. The van der Waals surface area contributed by atoms with E-state index in [0.29, 0.717) is 23.9 Å². The van der Waals surface area contributed by atoms with E-state index in [1.165, 1.54) is 38.5 Å². The van der Waals surface area contributed by atoms with Gasteiger partial charge in [0, 0.05) is 0 Å². The summed E-state index contributed by atoms with van der Waals surface area (Å²) in [5.41, 5.74) is 1.27. The van der Waals surface area contributed by atoms with E-state index >= 15 is 0 Å². The van der Waals surface area contributed by atoms with Gasteiger partial charge in [-0.15, -0.1) is 0 Å². The Morgan fingerprint density at radius 3 is 2.30 bits per heavy atom.